The summed E-state index contributed by atoms with van der Waals surface area (Å²) in [5.41, 5.74) is 1.96. The number of benzene rings is 1. The molecule has 0 radical (unpaired) electrons. The second-order valence-electron chi connectivity index (χ2n) is 7.53. The molecule has 160 valence electrons. The van der Waals surface area contributed by atoms with E-state index in [1.165, 1.54) is 5.56 Å². The number of ether oxygens (including phenoxy) is 1. The van der Waals surface area contributed by atoms with Crippen molar-refractivity contribution in [3.8, 4) is 5.75 Å². The number of amides is 1. The maximum atomic E-state index is 12.1. The van der Waals surface area contributed by atoms with Crippen LogP contribution < -0.4 is 15.0 Å². The van der Waals surface area contributed by atoms with Crippen molar-refractivity contribution in [2.24, 2.45) is 0 Å². The van der Waals surface area contributed by atoms with E-state index in [1.807, 2.05) is 54.9 Å². The van der Waals surface area contributed by atoms with E-state index in [4.69, 9.17) is 4.74 Å². The molecule has 2 aromatic heterocycles. The van der Waals surface area contributed by atoms with Crippen LogP contribution in [0.2, 0.25) is 0 Å². The number of carbonyl (C=O) groups excluding carboxylic acids is 1. The summed E-state index contributed by atoms with van der Waals surface area (Å²) in [6.07, 6.45) is 6.48. The number of anilines is 2. The maximum absolute atomic E-state index is 12.1. The van der Waals surface area contributed by atoms with Crippen LogP contribution in [0.4, 0.5) is 11.5 Å². The lowest BCUT2D eigenvalue weighted by Crippen LogP contribution is -2.31. The first-order valence-corrected chi connectivity index (χ1v) is 10.6. The van der Waals surface area contributed by atoms with E-state index < -0.39 is 0 Å². The number of rotatable bonds is 7. The molecule has 1 N–H and O–H groups in total. The molecule has 0 atom stereocenters. The quantitative estimate of drug-likeness (QED) is 0.637. The van der Waals surface area contributed by atoms with Gasteiger partial charge in [-0.25, -0.2) is 4.98 Å². The number of carbonyl (C=O) groups is 1. The summed E-state index contributed by atoms with van der Waals surface area (Å²) in [5.74, 6) is 1.40. The molecule has 1 amide bonds. The highest BCUT2D eigenvalue weighted by atomic mass is 16.5. The SMILES string of the molecule is O=C(COc1ccccc1)Nc1ccc(N2CCCN(Cc3ccncc3)CC2)nc1. The van der Waals surface area contributed by atoms with E-state index in [9.17, 15) is 4.79 Å². The largest absolute Gasteiger partial charge is 0.484 e. The molecule has 31 heavy (non-hydrogen) atoms. The Labute approximate surface area is 182 Å². The summed E-state index contributed by atoms with van der Waals surface area (Å²) < 4.78 is 5.48. The van der Waals surface area contributed by atoms with Gasteiger partial charge in [-0.2, -0.15) is 0 Å². The van der Waals surface area contributed by atoms with Crippen molar-refractivity contribution in [3.05, 3.63) is 78.8 Å². The summed E-state index contributed by atoms with van der Waals surface area (Å²) in [5, 5.41) is 2.83. The van der Waals surface area contributed by atoms with Gasteiger partial charge in [0.1, 0.15) is 11.6 Å². The molecule has 7 nitrogen and oxygen atoms in total. The van der Waals surface area contributed by atoms with Gasteiger partial charge in [-0.15, -0.1) is 0 Å². The molecule has 4 rings (SSSR count). The number of hydrogen-bond acceptors (Lipinski definition) is 6. The highest BCUT2D eigenvalue weighted by Crippen LogP contribution is 2.17. The summed E-state index contributed by atoms with van der Waals surface area (Å²) >= 11 is 0. The van der Waals surface area contributed by atoms with Gasteiger partial charge in [0.15, 0.2) is 6.61 Å². The van der Waals surface area contributed by atoms with Crippen LogP contribution in [0.15, 0.2) is 73.2 Å². The Bertz CT molecular complexity index is 951. The van der Waals surface area contributed by atoms with E-state index in [0.717, 1.165) is 45.0 Å². The highest BCUT2D eigenvalue weighted by molar-refractivity contribution is 5.91. The Morgan fingerprint density at radius 1 is 0.968 bits per heavy atom. The van der Waals surface area contributed by atoms with Gasteiger partial charge >= 0.3 is 0 Å². The minimum absolute atomic E-state index is 0.0365. The lowest BCUT2D eigenvalue weighted by molar-refractivity contribution is -0.118. The summed E-state index contributed by atoms with van der Waals surface area (Å²) in [4.78, 5) is 25.5. The van der Waals surface area contributed by atoms with E-state index in [2.05, 4.69) is 37.2 Å². The molecular weight excluding hydrogens is 390 g/mol. The van der Waals surface area contributed by atoms with Crippen LogP contribution in [-0.4, -0.2) is 53.6 Å². The van der Waals surface area contributed by atoms with Crippen LogP contribution in [-0.2, 0) is 11.3 Å². The number of nitrogens with zero attached hydrogens (tertiary/aromatic N) is 4. The van der Waals surface area contributed by atoms with Gasteiger partial charge in [0.25, 0.3) is 5.91 Å². The molecule has 1 fully saturated rings. The summed E-state index contributed by atoms with van der Waals surface area (Å²) in [6.45, 7) is 4.85. The Morgan fingerprint density at radius 3 is 2.58 bits per heavy atom. The van der Waals surface area contributed by atoms with Crippen molar-refractivity contribution in [1.82, 2.24) is 14.9 Å². The van der Waals surface area contributed by atoms with Gasteiger partial charge in [0.2, 0.25) is 0 Å². The number of hydrogen-bond donors (Lipinski definition) is 1. The number of pyridine rings is 2. The monoisotopic (exact) mass is 417 g/mol. The minimum Gasteiger partial charge on any atom is -0.484 e. The average Bonchev–Trinajstić information content (AvgIpc) is 3.05. The molecule has 0 unspecified atom stereocenters. The van der Waals surface area contributed by atoms with Crippen LogP contribution in [0.1, 0.15) is 12.0 Å². The number of para-hydroxylation sites is 1. The summed E-state index contributed by atoms with van der Waals surface area (Å²) in [6, 6.07) is 17.3. The van der Waals surface area contributed by atoms with Crippen LogP contribution in [0.3, 0.4) is 0 Å². The molecule has 1 saturated heterocycles. The third kappa shape index (κ3) is 6.26. The Balaban J connectivity index is 1.26. The predicted molar refractivity (Wildman–Crippen MR) is 121 cm³/mol. The van der Waals surface area contributed by atoms with Gasteiger partial charge in [-0.3, -0.25) is 14.7 Å². The van der Waals surface area contributed by atoms with Crippen molar-refractivity contribution in [1.29, 1.82) is 0 Å². The predicted octanol–water partition coefficient (Wildman–Crippen LogP) is 3.21. The lowest BCUT2D eigenvalue weighted by atomic mass is 10.2. The smallest absolute Gasteiger partial charge is 0.262 e. The van der Waals surface area contributed by atoms with E-state index in [0.29, 0.717) is 11.4 Å². The van der Waals surface area contributed by atoms with Crippen molar-refractivity contribution in [2.45, 2.75) is 13.0 Å². The van der Waals surface area contributed by atoms with Crippen LogP contribution in [0.25, 0.3) is 0 Å². The van der Waals surface area contributed by atoms with Crippen molar-refractivity contribution < 1.29 is 9.53 Å². The molecule has 0 spiro atoms. The molecule has 0 saturated carbocycles. The van der Waals surface area contributed by atoms with Crippen molar-refractivity contribution >= 4 is 17.4 Å². The van der Waals surface area contributed by atoms with Crippen LogP contribution in [0, 0.1) is 0 Å². The Kier molecular flexibility index (Phi) is 7.08. The fourth-order valence-electron chi connectivity index (χ4n) is 3.61. The molecule has 0 aliphatic carbocycles. The standard InChI is InChI=1S/C24H27N5O2/c30-24(19-31-22-5-2-1-3-6-22)27-21-7-8-23(26-17-21)29-14-4-13-28(15-16-29)18-20-9-11-25-12-10-20/h1-3,5-12,17H,4,13-16,18-19H2,(H,27,30). The fraction of sp³-hybridized carbons (Fsp3) is 0.292. The molecule has 3 aromatic rings. The lowest BCUT2D eigenvalue weighted by Gasteiger charge is -2.23. The van der Waals surface area contributed by atoms with Gasteiger partial charge in [-0.1, -0.05) is 18.2 Å². The highest BCUT2D eigenvalue weighted by Gasteiger charge is 2.16. The molecular formula is C24H27N5O2. The van der Waals surface area contributed by atoms with Gasteiger partial charge in [-0.05, 0) is 48.4 Å². The Hall–Kier alpha value is -3.45. The molecule has 7 heteroatoms. The Morgan fingerprint density at radius 2 is 1.81 bits per heavy atom. The fourth-order valence-corrected chi connectivity index (χ4v) is 3.61. The molecule has 0 bridgehead atoms. The van der Waals surface area contributed by atoms with Crippen molar-refractivity contribution in [3.63, 3.8) is 0 Å². The minimum atomic E-state index is -0.208. The average molecular weight is 418 g/mol. The first-order chi connectivity index (χ1) is 15.3. The normalized spacial score (nSPS) is 14.6. The van der Waals surface area contributed by atoms with Crippen LogP contribution in [0.5, 0.6) is 5.75 Å². The third-order valence-corrected chi connectivity index (χ3v) is 5.21. The van der Waals surface area contributed by atoms with Gasteiger partial charge < -0.3 is 15.0 Å². The maximum Gasteiger partial charge on any atom is 0.262 e. The number of nitrogens with one attached hydrogen (secondary N) is 1. The zero-order valence-electron chi connectivity index (χ0n) is 17.5. The van der Waals surface area contributed by atoms with Gasteiger partial charge in [0, 0.05) is 45.1 Å². The molecule has 3 heterocycles. The first-order valence-electron chi connectivity index (χ1n) is 10.6. The molecule has 1 aliphatic heterocycles. The zero-order valence-corrected chi connectivity index (χ0v) is 17.5. The molecule has 1 aromatic carbocycles. The van der Waals surface area contributed by atoms with Gasteiger partial charge in [0.05, 0.1) is 11.9 Å². The second kappa shape index (κ2) is 10.5. The van der Waals surface area contributed by atoms with E-state index >= 15 is 0 Å². The topological polar surface area (TPSA) is 70.6 Å². The molecule has 1 aliphatic rings. The van der Waals surface area contributed by atoms with Crippen LogP contribution >= 0.6 is 0 Å². The number of aromatic nitrogens is 2. The first kappa shape index (κ1) is 20.8. The zero-order chi connectivity index (χ0) is 21.3. The van der Waals surface area contributed by atoms with E-state index in [1.54, 1.807) is 6.20 Å². The third-order valence-electron chi connectivity index (χ3n) is 5.21. The second-order valence-corrected chi connectivity index (χ2v) is 7.53. The van der Waals surface area contributed by atoms with E-state index in [-0.39, 0.29) is 12.5 Å². The van der Waals surface area contributed by atoms with Crippen molar-refractivity contribution in [2.75, 3.05) is 43.0 Å². The summed E-state index contributed by atoms with van der Waals surface area (Å²) in [7, 11) is 0.